The first-order chi connectivity index (χ1) is 42.9. The van der Waals surface area contributed by atoms with Crippen LogP contribution in [0.4, 0.5) is 0 Å². The molecule has 4 aromatic rings. The van der Waals surface area contributed by atoms with Crippen molar-refractivity contribution in [1.29, 1.82) is 0 Å². The summed E-state index contributed by atoms with van der Waals surface area (Å²) in [6, 6.07) is 26.3. The number of esters is 4. The molecule has 0 saturated carbocycles. The Hall–Kier alpha value is -8.15. The van der Waals surface area contributed by atoms with Crippen LogP contribution in [0.1, 0.15) is 89.9 Å². The van der Waals surface area contributed by atoms with Crippen molar-refractivity contribution in [3.63, 3.8) is 0 Å². The van der Waals surface area contributed by atoms with Crippen molar-refractivity contribution in [3.8, 4) is 0 Å². The zero-order valence-corrected chi connectivity index (χ0v) is 51.4. The number of fused-ring (bicyclic) bond motifs is 2. The zero-order chi connectivity index (χ0) is 64.9. The number of carbonyl (C=O) groups is 9. The lowest BCUT2D eigenvalue weighted by Crippen LogP contribution is -2.72. The van der Waals surface area contributed by atoms with Gasteiger partial charge in [0, 0.05) is 27.7 Å². The maximum Gasteiger partial charge on any atom is 0.303 e. The third-order valence-corrected chi connectivity index (χ3v) is 20.9. The number of benzene rings is 4. The molecule has 0 radical (unpaired) electrons. The van der Waals surface area contributed by atoms with Gasteiger partial charge in [0.2, 0.25) is 5.91 Å². The average Bonchev–Trinajstić information content (AvgIpc) is 1.29. The minimum Gasteiger partial charge on any atom is -0.463 e. The maximum absolute atomic E-state index is 15.2. The summed E-state index contributed by atoms with van der Waals surface area (Å²) in [5.74, 6) is -8.75. The molecule has 5 heterocycles. The highest BCUT2D eigenvalue weighted by Gasteiger charge is 2.64. The van der Waals surface area contributed by atoms with E-state index in [1.54, 1.807) is 0 Å². The number of hydrogen-bond donors (Lipinski definition) is 2. The number of imide groups is 2. The topological polar surface area (TPSA) is 317 Å². The Morgan fingerprint density at radius 2 is 0.978 bits per heavy atom. The fraction of sp³-hybridized carbons (Fsp3) is 0.422. The third-order valence-electron chi connectivity index (χ3n) is 15.9. The molecular formula is C64H71N3O22Si. The van der Waals surface area contributed by atoms with Crippen LogP contribution < -0.4 is 16.1 Å². The van der Waals surface area contributed by atoms with Gasteiger partial charge in [-0.25, -0.2) is 0 Å². The highest BCUT2D eigenvalue weighted by Crippen LogP contribution is 2.44. The van der Waals surface area contributed by atoms with Crippen LogP contribution in [0.15, 0.2) is 135 Å². The highest BCUT2D eigenvalue weighted by atomic mass is 28.4. The number of primary amides is 1. The largest absolute Gasteiger partial charge is 0.463 e. The summed E-state index contributed by atoms with van der Waals surface area (Å²) in [5, 5.41) is 13.2. The van der Waals surface area contributed by atoms with Gasteiger partial charge in [0.05, 0.1) is 42.1 Å². The summed E-state index contributed by atoms with van der Waals surface area (Å²) in [4.78, 5) is 128. The van der Waals surface area contributed by atoms with Gasteiger partial charge in [-0.3, -0.25) is 53.0 Å². The molecule has 25 nitrogen and oxygen atoms in total. The quantitative estimate of drug-likeness (QED) is 0.0335. The summed E-state index contributed by atoms with van der Waals surface area (Å²) < 4.78 is 77.0. The number of amides is 5. The predicted octanol–water partition coefficient (Wildman–Crippen LogP) is 2.82. The van der Waals surface area contributed by atoms with Crippen LogP contribution >= 0.6 is 0 Å². The van der Waals surface area contributed by atoms with Crippen molar-refractivity contribution < 1.29 is 105 Å². The van der Waals surface area contributed by atoms with E-state index in [2.05, 4.69) is 13.2 Å². The molecule has 0 aromatic heterocycles. The van der Waals surface area contributed by atoms with E-state index in [9.17, 15) is 38.7 Å². The Bertz CT molecular complexity index is 3270. The van der Waals surface area contributed by atoms with Crippen molar-refractivity contribution in [2.45, 2.75) is 145 Å². The van der Waals surface area contributed by atoms with E-state index < -0.39 is 172 Å². The molecule has 3 N–H and O–H groups in total. The van der Waals surface area contributed by atoms with E-state index in [0.29, 0.717) is 4.90 Å². The minimum atomic E-state index is -3.73. The molecule has 5 aliphatic rings. The number of ether oxygens (including phenoxy) is 11. The van der Waals surface area contributed by atoms with Gasteiger partial charge in [0.25, 0.3) is 31.9 Å². The van der Waals surface area contributed by atoms with Crippen LogP contribution in [0.25, 0.3) is 0 Å². The summed E-state index contributed by atoms with van der Waals surface area (Å²) in [6.07, 6.45) is -21.2. The Balaban J connectivity index is 1.29. The van der Waals surface area contributed by atoms with E-state index >= 15 is 9.59 Å². The molecule has 478 valence electrons. The molecule has 0 bridgehead atoms. The van der Waals surface area contributed by atoms with E-state index in [0.717, 1.165) is 43.0 Å². The van der Waals surface area contributed by atoms with Gasteiger partial charge in [-0.05, 0) is 39.7 Å². The standard InChI is InChI=1S/C64H71N3O22Si/c1-10-30-78-55(56(65)73)53-48(72)54(63(88-53)79-31-11-2)89-62-47(67-59(76)42-28-20-21-29-43(42)60(67)77)52(84-37(6)71)50(45(86-62)33-81-90(64(7,8)9,38-22-14-12-15-23-38)39-24-16-13-17-25-39)87-61-46(66-57(74)40-26-18-19-27-41(40)58(66)75)51(83-36(5)70)49(82-35(4)69)44(85-61)32-80-34(3)68/h10-29,44-55,61-63,72H,1-2,30-33H2,3-9H3,(H2,65,73)/t44-,45-,46-,47-,48+,49-,50-,51-,52-,53?,54-,55+,61+,62+,63-/m1/s1. The zero-order valence-electron chi connectivity index (χ0n) is 50.4. The van der Waals surface area contributed by atoms with Crippen LogP contribution in [0.2, 0.25) is 5.04 Å². The van der Waals surface area contributed by atoms with E-state index in [4.69, 9.17) is 62.3 Å². The molecule has 0 spiro atoms. The van der Waals surface area contributed by atoms with Gasteiger partial charge < -0.3 is 67.4 Å². The van der Waals surface area contributed by atoms with Gasteiger partial charge in [0.1, 0.15) is 55.3 Å². The van der Waals surface area contributed by atoms with Gasteiger partial charge in [-0.15, -0.1) is 13.2 Å². The number of carbonyl (C=O) groups excluding carboxylic acids is 9. The maximum atomic E-state index is 15.2. The number of hydrogen-bond acceptors (Lipinski definition) is 22. The number of aliphatic hydroxyl groups is 1. The van der Waals surface area contributed by atoms with Crippen LogP contribution in [0, 0.1) is 0 Å². The molecule has 9 rings (SSSR count). The summed E-state index contributed by atoms with van der Waals surface area (Å²) in [6.45, 7) is 15.7. The molecule has 1 unspecified atom stereocenters. The number of nitrogens with zero attached hydrogens (tertiary/aromatic N) is 2. The molecule has 3 saturated heterocycles. The lowest BCUT2D eigenvalue weighted by molar-refractivity contribution is -0.350. The Labute approximate surface area is 519 Å². The highest BCUT2D eigenvalue weighted by molar-refractivity contribution is 6.99. The van der Waals surface area contributed by atoms with Gasteiger partial charge >= 0.3 is 23.9 Å². The van der Waals surface area contributed by atoms with E-state index in [1.807, 2.05) is 81.4 Å². The predicted molar refractivity (Wildman–Crippen MR) is 315 cm³/mol. The molecule has 26 heteroatoms. The monoisotopic (exact) mass is 1260 g/mol. The Morgan fingerprint density at radius 1 is 0.567 bits per heavy atom. The minimum absolute atomic E-state index is 0.0972. The molecule has 4 aromatic carbocycles. The molecule has 5 amide bonds. The van der Waals surface area contributed by atoms with Crippen molar-refractivity contribution in [1.82, 2.24) is 9.80 Å². The summed E-state index contributed by atoms with van der Waals surface area (Å²) in [7, 11) is -3.73. The van der Waals surface area contributed by atoms with Crippen molar-refractivity contribution in [2.75, 3.05) is 26.4 Å². The summed E-state index contributed by atoms with van der Waals surface area (Å²) >= 11 is 0. The average molecular weight is 1260 g/mol. The summed E-state index contributed by atoms with van der Waals surface area (Å²) in [5.41, 5.74) is 5.43. The van der Waals surface area contributed by atoms with Crippen LogP contribution in [0.5, 0.6) is 0 Å². The molecule has 15 atom stereocenters. The molecule has 90 heavy (non-hydrogen) atoms. The van der Waals surface area contributed by atoms with Gasteiger partial charge in [0.15, 0.2) is 43.3 Å². The van der Waals surface area contributed by atoms with Gasteiger partial charge in [-0.2, -0.15) is 0 Å². The molecule has 3 fully saturated rings. The Morgan fingerprint density at radius 3 is 1.39 bits per heavy atom. The smallest absolute Gasteiger partial charge is 0.303 e. The fourth-order valence-electron chi connectivity index (χ4n) is 12.3. The molecule has 5 aliphatic heterocycles. The molecular weight excluding hydrogens is 1190 g/mol. The van der Waals surface area contributed by atoms with Crippen LogP contribution in [-0.2, 0) is 80.5 Å². The first kappa shape index (κ1) is 66.3. The van der Waals surface area contributed by atoms with Crippen molar-refractivity contribution >= 4 is 72.1 Å². The second-order valence-electron chi connectivity index (χ2n) is 22.8. The van der Waals surface area contributed by atoms with Crippen molar-refractivity contribution in [2.24, 2.45) is 5.73 Å². The number of aliphatic hydroxyl groups excluding tert-OH is 1. The van der Waals surface area contributed by atoms with Crippen molar-refractivity contribution in [3.05, 3.63) is 157 Å². The number of rotatable bonds is 24. The lowest BCUT2D eigenvalue weighted by Gasteiger charge is -2.52. The first-order valence-corrected chi connectivity index (χ1v) is 30.9. The second kappa shape index (κ2) is 27.9. The molecule has 0 aliphatic carbocycles. The fourth-order valence-corrected chi connectivity index (χ4v) is 16.8. The van der Waals surface area contributed by atoms with Crippen LogP contribution in [-0.4, -0.2) is 195 Å². The SMILES string of the molecule is C=CCO[C@@H]1OC([C@H](OCC=C)C(N)=O)[C@H](O)[C@H]1O[C@@H]1O[C@H](CO[Si](c2ccccc2)(c2ccccc2)C(C)(C)C)[C@@H](O[C@@H]2O[C@H](COC(C)=O)[C@@H](OC(C)=O)[C@H](OC(C)=O)[C@H]2N2C(=O)c3ccccc3C2=O)[C@H](OC(C)=O)[C@H]1N1C(=O)c2ccccc2C1=O. The van der Waals surface area contributed by atoms with Gasteiger partial charge in [-0.1, -0.05) is 118 Å². The number of nitrogens with two attached hydrogens (primary N) is 1. The van der Waals surface area contributed by atoms with E-state index in [1.165, 1.54) is 60.7 Å². The van der Waals surface area contributed by atoms with Crippen LogP contribution in [0.3, 0.4) is 0 Å². The third kappa shape index (κ3) is 13.2. The van der Waals surface area contributed by atoms with E-state index in [-0.39, 0.29) is 35.5 Å². The first-order valence-electron chi connectivity index (χ1n) is 29.0. The second-order valence-corrected chi connectivity index (χ2v) is 27.2. The lowest BCUT2D eigenvalue weighted by atomic mass is 9.92. The normalized spacial score (nSPS) is 27.7. The Kier molecular flexibility index (Phi) is 20.6.